The minimum atomic E-state index is -0.784. The van der Waals surface area contributed by atoms with E-state index in [0.29, 0.717) is 24.7 Å². The first-order chi connectivity index (χ1) is 10.9. The zero-order valence-electron chi connectivity index (χ0n) is 14.2. The minimum absolute atomic E-state index is 0.00778. The molecule has 0 aromatic heterocycles. The maximum atomic E-state index is 13.2. The van der Waals surface area contributed by atoms with Crippen molar-refractivity contribution in [2.45, 2.75) is 71.3 Å². The molecule has 7 atom stereocenters. The number of rotatable bonds is 1. The molecule has 0 aromatic carbocycles. The van der Waals surface area contributed by atoms with Crippen molar-refractivity contribution in [3.8, 4) is 0 Å². The smallest absolute Gasteiger partial charge is 0.164 e. The molecule has 4 aliphatic rings. The Morgan fingerprint density at radius 2 is 1.78 bits per heavy atom. The summed E-state index contributed by atoms with van der Waals surface area (Å²) >= 11 is 0. The molecule has 0 bridgehead atoms. The molecule has 4 rings (SSSR count). The molecule has 4 heteroatoms. The summed E-state index contributed by atoms with van der Waals surface area (Å²) in [4.78, 5) is 36.7. The lowest BCUT2D eigenvalue weighted by Crippen LogP contribution is -2.61. The molecule has 4 fully saturated rings. The molecular formula is C19H27NO3. The van der Waals surface area contributed by atoms with E-state index >= 15 is 0 Å². The van der Waals surface area contributed by atoms with Gasteiger partial charge in [0.2, 0.25) is 0 Å². The Labute approximate surface area is 137 Å². The predicted octanol–water partition coefficient (Wildman–Crippen LogP) is 3.91. The van der Waals surface area contributed by atoms with Crippen LogP contribution in [0.4, 0.5) is 0 Å². The van der Waals surface area contributed by atoms with Crippen LogP contribution in [0.1, 0.15) is 65.2 Å². The number of carbonyl (C=O) groups excluding carboxylic acids is 2. The SMILES string of the molecule is C[C@@]12CCC[C@H]1[C@@H]1C(=O)C(N=O)C3CC(=O)CC[C@]3(C)[C@H]1CC2. The molecule has 0 amide bonds. The van der Waals surface area contributed by atoms with Crippen molar-refractivity contribution in [3.63, 3.8) is 0 Å². The van der Waals surface area contributed by atoms with E-state index in [2.05, 4.69) is 19.0 Å². The number of carbonyl (C=O) groups is 2. The van der Waals surface area contributed by atoms with E-state index in [1.165, 1.54) is 19.3 Å². The van der Waals surface area contributed by atoms with Gasteiger partial charge in [0.15, 0.2) is 11.8 Å². The van der Waals surface area contributed by atoms with Crippen LogP contribution in [0.2, 0.25) is 0 Å². The third-order valence-corrected chi connectivity index (χ3v) is 8.25. The highest BCUT2D eigenvalue weighted by Gasteiger charge is 2.64. The Morgan fingerprint density at radius 3 is 2.52 bits per heavy atom. The fourth-order valence-electron chi connectivity index (χ4n) is 6.89. The first-order valence-corrected chi connectivity index (χ1v) is 9.28. The quantitative estimate of drug-likeness (QED) is 0.689. The number of fused-ring (bicyclic) bond motifs is 5. The molecule has 0 spiro atoms. The van der Waals surface area contributed by atoms with Crippen LogP contribution in [0.25, 0.3) is 0 Å². The Hall–Kier alpha value is -1.06. The monoisotopic (exact) mass is 317 g/mol. The molecule has 4 aliphatic carbocycles. The maximum Gasteiger partial charge on any atom is 0.164 e. The molecule has 0 N–H and O–H groups in total. The van der Waals surface area contributed by atoms with E-state index in [0.717, 1.165) is 19.3 Å². The number of nitrogens with zero attached hydrogens (tertiary/aromatic N) is 1. The molecule has 0 saturated heterocycles. The van der Waals surface area contributed by atoms with E-state index in [1.807, 2.05) is 0 Å². The summed E-state index contributed by atoms with van der Waals surface area (Å²) in [6, 6.07) is -0.784. The molecule has 23 heavy (non-hydrogen) atoms. The zero-order chi connectivity index (χ0) is 16.4. The Balaban J connectivity index is 1.77. The van der Waals surface area contributed by atoms with Gasteiger partial charge in [-0.15, -0.1) is 0 Å². The third kappa shape index (κ3) is 1.96. The number of ketones is 2. The highest BCUT2D eigenvalue weighted by Crippen LogP contribution is 2.65. The predicted molar refractivity (Wildman–Crippen MR) is 86.7 cm³/mol. The number of Topliss-reactive ketones (excluding diaryl/α,β-unsaturated/α-hetero) is 2. The Kier molecular flexibility index (Phi) is 3.34. The summed E-state index contributed by atoms with van der Waals surface area (Å²) in [6.07, 6.45) is 7.63. The molecule has 0 heterocycles. The van der Waals surface area contributed by atoms with Gasteiger partial charge in [0.05, 0.1) is 0 Å². The van der Waals surface area contributed by atoms with Crippen molar-refractivity contribution >= 4 is 11.6 Å². The topological polar surface area (TPSA) is 63.6 Å². The van der Waals surface area contributed by atoms with Gasteiger partial charge in [0, 0.05) is 24.7 Å². The van der Waals surface area contributed by atoms with Gasteiger partial charge in [-0.1, -0.05) is 25.4 Å². The fourth-order valence-corrected chi connectivity index (χ4v) is 6.89. The summed E-state index contributed by atoms with van der Waals surface area (Å²) in [5.41, 5.74) is 0.215. The Morgan fingerprint density at radius 1 is 1.00 bits per heavy atom. The van der Waals surface area contributed by atoms with Crippen molar-refractivity contribution in [3.05, 3.63) is 4.91 Å². The standard InChI is InChI=1S/C19H27NO3/c1-18-7-3-4-12(18)15-13(6-8-18)19(2)9-5-11(21)10-14(19)16(20-23)17(15)22/h12-16H,3-10H2,1-2H3/t12-,13-,14?,15-,16?,18-,19+/m0/s1. The minimum Gasteiger partial charge on any atom is -0.300 e. The summed E-state index contributed by atoms with van der Waals surface area (Å²) in [7, 11) is 0. The molecule has 0 aliphatic heterocycles. The van der Waals surface area contributed by atoms with Crippen LogP contribution in [0, 0.1) is 39.4 Å². The van der Waals surface area contributed by atoms with Crippen LogP contribution in [0.5, 0.6) is 0 Å². The first kappa shape index (κ1) is 15.5. The van der Waals surface area contributed by atoms with Crippen molar-refractivity contribution in [1.29, 1.82) is 0 Å². The van der Waals surface area contributed by atoms with Gasteiger partial charge in [-0.05, 0) is 54.8 Å². The lowest BCUT2D eigenvalue weighted by Gasteiger charge is -2.59. The fraction of sp³-hybridized carbons (Fsp3) is 0.895. The van der Waals surface area contributed by atoms with Gasteiger partial charge in [0.25, 0.3) is 0 Å². The second-order valence-electron chi connectivity index (χ2n) is 9.13. The van der Waals surface area contributed by atoms with E-state index in [4.69, 9.17) is 0 Å². The second kappa shape index (κ2) is 4.97. The van der Waals surface area contributed by atoms with E-state index in [1.54, 1.807) is 0 Å². The highest BCUT2D eigenvalue weighted by molar-refractivity contribution is 5.90. The van der Waals surface area contributed by atoms with E-state index in [-0.39, 0.29) is 34.2 Å². The van der Waals surface area contributed by atoms with Crippen LogP contribution in [0.15, 0.2) is 5.18 Å². The van der Waals surface area contributed by atoms with Crippen LogP contribution < -0.4 is 0 Å². The van der Waals surface area contributed by atoms with Crippen molar-refractivity contribution in [2.75, 3.05) is 0 Å². The average molecular weight is 317 g/mol. The zero-order valence-corrected chi connectivity index (χ0v) is 14.2. The molecule has 0 aromatic rings. The lowest BCUT2D eigenvalue weighted by atomic mass is 9.44. The number of hydrogen-bond acceptors (Lipinski definition) is 4. The largest absolute Gasteiger partial charge is 0.300 e. The first-order valence-electron chi connectivity index (χ1n) is 9.28. The molecule has 0 radical (unpaired) electrons. The molecule has 2 unspecified atom stereocenters. The van der Waals surface area contributed by atoms with Crippen LogP contribution in [0.3, 0.4) is 0 Å². The van der Waals surface area contributed by atoms with E-state index < -0.39 is 6.04 Å². The molecular weight excluding hydrogens is 290 g/mol. The highest BCUT2D eigenvalue weighted by atomic mass is 16.3. The van der Waals surface area contributed by atoms with E-state index in [9.17, 15) is 14.5 Å². The third-order valence-electron chi connectivity index (χ3n) is 8.25. The van der Waals surface area contributed by atoms with Crippen LogP contribution in [-0.4, -0.2) is 17.6 Å². The normalized spacial score (nSPS) is 52.5. The second-order valence-corrected chi connectivity index (χ2v) is 9.13. The average Bonchev–Trinajstić information content (AvgIpc) is 2.91. The summed E-state index contributed by atoms with van der Waals surface area (Å²) in [5.74, 6) is 0.902. The van der Waals surface area contributed by atoms with Gasteiger partial charge in [-0.2, -0.15) is 4.91 Å². The van der Waals surface area contributed by atoms with Crippen molar-refractivity contribution in [1.82, 2.24) is 0 Å². The van der Waals surface area contributed by atoms with Crippen LogP contribution in [-0.2, 0) is 9.59 Å². The number of hydrogen-bond donors (Lipinski definition) is 0. The van der Waals surface area contributed by atoms with Gasteiger partial charge >= 0.3 is 0 Å². The van der Waals surface area contributed by atoms with Gasteiger partial charge in [0.1, 0.15) is 5.78 Å². The summed E-state index contributed by atoms with van der Waals surface area (Å²) in [5, 5.41) is 3.27. The van der Waals surface area contributed by atoms with Gasteiger partial charge in [-0.3, -0.25) is 9.59 Å². The molecule has 126 valence electrons. The molecule has 4 saturated carbocycles. The van der Waals surface area contributed by atoms with Gasteiger partial charge in [-0.25, -0.2) is 0 Å². The van der Waals surface area contributed by atoms with Gasteiger partial charge < -0.3 is 0 Å². The maximum absolute atomic E-state index is 13.2. The van der Waals surface area contributed by atoms with Crippen molar-refractivity contribution in [2.24, 2.45) is 39.7 Å². The Bertz CT molecular complexity index is 573. The summed E-state index contributed by atoms with van der Waals surface area (Å²) < 4.78 is 0. The number of nitroso groups, excluding NO2 is 1. The lowest BCUT2D eigenvalue weighted by molar-refractivity contribution is -0.159. The summed E-state index contributed by atoms with van der Waals surface area (Å²) in [6.45, 7) is 4.58. The molecule has 4 nitrogen and oxygen atoms in total. The van der Waals surface area contributed by atoms with Crippen molar-refractivity contribution < 1.29 is 9.59 Å². The van der Waals surface area contributed by atoms with Crippen LogP contribution >= 0.6 is 0 Å².